The summed E-state index contributed by atoms with van der Waals surface area (Å²) in [5.74, 6) is -0.123. The molecule has 0 saturated carbocycles. The minimum Gasteiger partial charge on any atom is -0.383 e. The summed E-state index contributed by atoms with van der Waals surface area (Å²) in [6.45, 7) is 3.40. The zero-order chi connectivity index (χ0) is 21.1. The maximum atomic E-state index is 12.4. The standard InChI is InChI=1S/C20H27BrN4O3S/c1-3-4-5-9-18(27)25(12-13-28-2)11-10-17(26)22-20-24-23-19(29-20)15-7-6-8-16(21)14-15/h6-8,14H,3-5,9-13H2,1-2H3,(H,22,24,26). The van der Waals surface area contributed by atoms with Gasteiger partial charge in [0.1, 0.15) is 5.01 Å². The highest BCUT2D eigenvalue weighted by Crippen LogP contribution is 2.28. The Labute approximate surface area is 184 Å². The Hall–Kier alpha value is -1.84. The molecule has 1 heterocycles. The molecule has 0 radical (unpaired) electrons. The molecule has 0 saturated heterocycles. The van der Waals surface area contributed by atoms with Gasteiger partial charge in [-0.15, -0.1) is 10.2 Å². The molecule has 0 atom stereocenters. The molecule has 0 spiro atoms. The summed E-state index contributed by atoms with van der Waals surface area (Å²) in [5, 5.41) is 12.1. The van der Waals surface area contributed by atoms with E-state index in [-0.39, 0.29) is 18.2 Å². The fourth-order valence-electron chi connectivity index (χ4n) is 2.68. The van der Waals surface area contributed by atoms with E-state index in [0.717, 1.165) is 34.3 Å². The van der Waals surface area contributed by atoms with Crippen molar-refractivity contribution in [3.63, 3.8) is 0 Å². The molecule has 158 valence electrons. The van der Waals surface area contributed by atoms with Crippen molar-refractivity contribution in [3.8, 4) is 10.6 Å². The third-order valence-electron chi connectivity index (χ3n) is 4.26. The highest BCUT2D eigenvalue weighted by molar-refractivity contribution is 9.10. The predicted octanol–water partition coefficient (Wildman–Crippen LogP) is 4.35. The molecular formula is C20H27BrN4O3S. The summed E-state index contributed by atoms with van der Waals surface area (Å²) >= 11 is 4.75. The summed E-state index contributed by atoms with van der Waals surface area (Å²) in [6, 6.07) is 7.75. The van der Waals surface area contributed by atoms with Crippen molar-refractivity contribution >= 4 is 44.2 Å². The summed E-state index contributed by atoms with van der Waals surface area (Å²) < 4.78 is 6.04. The summed E-state index contributed by atoms with van der Waals surface area (Å²) in [7, 11) is 1.60. The van der Waals surface area contributed by atoms with Gasteiger partial charge in [0.05, 0.1) is 6.61 Å². The number of aromatic nitrogens is 2. The second-order valence-electron chi connectivity index (χ2n) is 6.55. The van der Waals surface area contributed by atoms with Crippen LogP contribution >= 0.6 is 27.3 Å². The molecule has 29 heavy (non-hydrogen) atoms. The first-order valence-electron chi connectivity index (χ1n) is 9.69. The molecule has 0 fully saturated rings. The number of methoxy groups -OCH3 is 1. The number of benzene rings is 1. The van der Waals surface area contributed by atoms with Gasteiger partial charge in [-0.1, -0.05) is 59.2 Å². The number of hydrogen-bond donors (Lipinski definition) is 1. The Bertz CT molecular complexity index is 800. The number of rotatable bonds is 12. The predicted molar refractivity (Wildman–Crippen MR) is 119 cm³/mol. The maximum Gasteiger partial charge on any atom is 0.227 e. The lowest BCUT2D eigenvalue weighted by molar-refractivity contribution is -0.132. The number of unbranched alkanes of at least 4 members (excludes halogenated alkanes) is 2. The van der Waals surface area contributed by atoms with Crippen LogP contribution in [0.5, 0.6) is 0 Å². The lowest BCUT2D eigenvalue weighted by Crippen LogP contribution is -2.36. The SMILES string of the molecule is CCCCCC(=O)N(CCOC)CCC(=O)Nc1nnc(-c2cccc(Br)c2)s1. The van der Waals surface area contributed by atoms with E-state index >= 15 is 0 Å². The van der Waals surface area contributed by atoms with E-state index in [2.05, 4.69) is 38.4 Å². The molecule has 0 aliphatic rings. The number of anilines is 1. The zero-order valence-electron chi connectivity index (χ0n) is 16.8. The Balaban J connectivity index is 1.87. The number of hydrogen-bond acceptors (Lipinski definition) is 6. The first-order chi connectivity index (χ1) is 14.0. The molecule has 1 aromatic carbocycles. The molecule has 2 rings (SSSR count). The van der Waals surface area contributed by atoms with Gasteiger partial charge in [-0.3, -0.25) is 9.59 Å². The van der Waals surface area contributed by atoms with Gasteiger partial charge >= 0.3 is 0 Å². The van der Waals surface area contributed by atoms with Crippen molar-refractivity contribution in [1.29, 1.82) is 0 Å². The average molecular weight is 483 g/mol. The van der Waals surface area contributed by atoms with Crippen LogP contribution in [-0.2, 0) is 14.3 Å². The second-order valence-corrected chi connectivity index (χ2v) is 8.44. The van der Waals surface area contributed by atoms with Gasteiger partial charge in [0.15, 0.2) is 0 Å². The van der Waals surface area contributed by atoms with E-state index in [1.807, 2.05) is 24.3 Å². The van der Waals surface area contributed by atoms with Gasteiger partial charge in [-0.2, -0.15) is 0 Å². The lowest BCUT2D eigenvalue weighted by atomic mass is 10.2. The van der Waals surface area contributed by atoms with Crippen LogP contribution in [0.3, 0.4) is 0 Å². The number of nitrogens with zero attached hydrogens (tertiary/aromatic N) is 3. The largest absolute Gasteiger partial charge is 0.383 e. The van der Waals surface area contributed by atoms with Crippen molar-refractivity contribution < 1.29 is 14.3 Å². The maximum absolute atomic E-state index is 12.4. The molecule has 0 bridgehead atoms. The zero-order valence-corrected chi connectivity index (χ0v) is 19.2. The minimum absolute atomic E-state index is 0.0659. The highest BCUT2D eigenvalue weighted by Gasteiger charge is 2.16. The van der Waals surface area contributed by atoms with Crippen molar-refractivity contribution in [1.82, 2.24) is 15.1 Å². The van der Waals surface area contributed by atoms with Gasteiger partial charge in [-0.25, -0.2) is 0 Å². The van der Waals surface area contributed by atoms with E-state index in [4.69, 9.17) is 4.74 Å². The molecular weight excluding hydrogens is 456 g/mol. The fourth-order valence-corrected chi connectivity index (χ4v) is 3.83. The molecule has 9 heteroatoms. The van der Waals surface area contributed by atoms with Gasteiger partial charge < -0.3 is 15.0 Å². The summed E-state index contributed by atoms with van der Waals surface area (Å²) in [4.78, 5) is 26.4. The Morgan fingerprint density at radius 2 is 2.03 bits per heavy atom. The Kier molecular flexibility index (Phi) is 10.2. The molecule has 2 amide bonds. The van der Waals surface area contributed by atoms with Gasteiger partial charge in [0, 0.05) is 43.1 Å². The minimum atomic E-state index is -0.189. The van der Waals surface area contributed by atoms with Crippen LogP contribution in [0.2, 0.25) is 0 Å². The van der Waals surface area contributed by atoms with Crippen molar-refractivity contribution in [3.05, 3.63) is 28.7 Å². The van der Waals surface area contributed by atoms with Crippen LogP contribution in [0.15, 0.2) is 28.7 Å². The van der Waals surface area contributed by atoms with E-state index < -0.39 is 0 Å². The topological polar surface area (TPSA) is 84.4 Å². The molecule has 1 aromatic heterocycles. The quantitative estimate of drug-likeness (QED) is 0.454. The van der Waals surface area contributed by atoms with Crippen LogP contribution in [0.4, 0.5) is 5.13 Å². The van der Waals surface area contributed by atoms with E-state index in [1.54, 1.807) is 12.0 Å². The highest BCUT2D eigenvalue weighted by atomic mass is 79.9. The molecule has 0 aliphatic heterocycles. The number of ether oxygens (including phenoxy) is 1. The first-order valence-corrected chi connectivity index (χ1v) is 11.3. The number of amides is 2. The monoisotopic (exact) mass is 482 g/mol. The molecule has 1 N–H and O–H groups in total. The van der Waals surface area contributed by atoms with Crippen LogP contribution < -0.4 is 5.32 Å². The number of carbonyl (C=O) groups excluding carboxylic acids is 2. The fraction of sp³-hybridized carbons (Fsp3) is 0.500. The van der Waals surface area contributed by atoms with Crippen molar-refractivity contribution in [2.45, 2.75) is 39.0 Å². The summed E-state index contributed by atoms with van der Waals surface area (Å²) in [5.41, 5.74) is 0.931. The van der Waals surface area contributed by atoms with Crippen LogP contribution in [0.1, 0.15) is 39.0 Å². The third kappa shape index (κ3) is 8.20. The van der Waals surface area contributed by atoms with Crippen LogP contribution in [0, 0.1) is 0 Å². The molecule has 2 aromatic rings. The number of carbonyl (C=O) groups is 2. The van der Waals surface area contributed by atoms with E-state index in [1.165, 1.54) is 11.3 Å². The van der Waals surface area contributed by atoms with Crippen LogP contribution in [0.25, 0.3) is 10.6 Å². The Morgan fingerprint density at radius 1 is 1.21 bits per heavy atom. The second kappa shape index (κ2) is 12.7. The van der Waals surface area contributed by atoms with Gasteiger partial charge in [0.25, 0.3) is 0 Å². The van der Waals surface area contributed by atoms with Gasteiger partial charge in [0.2, 0.25) is 16.9 Å². The van der Waals surface area contributed by atoms with E-state index in [9.17, 15) is 9.59 Å². The van der Waals surface area contributed by atoms with Crippen molar-refractivity contribution in [2.75, 3.05) is 32.1 Å². The number of nitrogens with one attached hydrogen (secondary N) is 1. The first kappa shape index (κ1) is 23.4. The lowest BCUT2D eigenvalue weighted by Gasteiger charge is -2.22. The van der Waals surface area contributed by atoms with E-state index in [0.29, 0.717) is 31.2 Å². The average Bonchev–Trinajstić information content (AvgIpc) is 3.16. The Morgan fingerprint density at radius 3 is 2.76 bits per heavy atom. The number of halogens is 1. The molecule has 0 unspecified atom stereocenters. The van der Waals surface area contributed by atoms with Crippen molar-refractivity contribution in [2.24, 2.45) is 0 Å². The van der Waals surface area contributed by atoms with Crippen LogP contribution in [-0.4, -0.2) is 53.7 Å². The summed E-state index contributed by atoms with van der Waals surface area (Å²) in [6.07, 6.45) is 3.67. The molecule has 0 aliphatic carbocycles. The molecule has 7 nitrogen and oxygen atoms in total. The van der Waals surface area contributed by atoms with Gasteiger partial charge in [-0.05, 0) is 18.6 Å². The normalized spacial score (nSPS) is 10.7. The third-order valence-corrected chi connectivity index (χ3v) is 5.64. The smallest absolute Gasteiger partial charge is 0.227 e.